The van der Waals surface area contributed by atoms with Crippen LogP contribution in [-0.4, -0.2) is 22.1 Å². The Morgan fingerprint density at radius 3 is 2.28 bits per heavy atom. The van der Waals surface area contributed by atoms with Crippen LogP contribution >= 0.6 is 0 Å². The fourth-order valence-corrected chi connectivity index (χ4v) is 3.16. The van der Waals surface area contributed by atoms with E-state index in [2.05, 4.69) is 37.3 Å². The maximum absolute atomic E-state index is 12.3. The van der Waals surface area contributed by atoms with Crippen molar-refractivity contribution >= 4 is 10.0 Å². The fraction of sp³-hybridized carbons (Fsp3) is 0.300. The van der Waals surface area contributed by atoms with E-state index >= 15 is 0 Å². The Balaban J connectivity index is 2.07. The summed E-state index contributed by atoms with van der Waals surface area (Å²) in [6, 6.07) is 14.3. The van der Waals surface area contributed by atoms with Gasteiger partial charge in [0, 0.05) is 0 Å². The monoisotopic (exact) mass is 357 g/mol. The highest BCUT2D eigenvalue weighted by molar-refractivity contribution is 7.89. The molecule has 2 rings (SSSR count). The van der Waals surface area contributed by atoms with Crippen LogP contribution in [0, 0.1) is 11.8 Å². The van der Waals surface area contributed by atoms with Crippen molar-refractivity contribution in [2.24, 2.45) is 0 Å². The van der Waals surface area contributed by atoms with E-state index < -0.39 is 10.0 Å². The molecule has 0 bridgehead atoms. The van der Waals surface area contributed by atoms with Gasteiger partial charge in [-0.25, -0.2) is 8.42 Å². The molecule has 4 nitrogen and oxygen atoms in total. The van der Waals surface area contributed by atoms with Crippen LogP contribution in [0.3, 0.4) is 0 Å². The van der Waals surface area contributed by atoms with E-state index in [0.29, 0.717) is 5.75 Å². The topological polar surface area (TPSA) is 55.4 Å². The summed E-state index contributed by atoms with van der Waals surface area (Å²) in [4.78, 5) is 0.236. The van der Waals surface area contributed by atoms with Gasteiger partial charge in [0.2, 0.25) is 10.0 Å². The van der Waals surface area contributed by atoms with Crippen LogP contribution in [0.4, 0.5) is 0 Å². The van der Waals surface area contributed by atoms with E-state index in [4.69, 9.17) is 4.74 Å². The summed E-state index contributed by atoms with van der Waals surface area (Å²) in [5, 5.41) is 0. The Kier molecular flexibility index (Phi) is 5.89. The summed E-state index contributed by atoms with van der Waals surface area (Å²) in [7, 11) is -2.00. The molecular formula is C20H23NO3S. The first kappa shape index (κ1) is 19.0. The first-order chi connectivity index (χ1) is 11.7. The molecule has 5 heteroatoms. The van der Waals surface area contributed by atoms with Gasteiger partial charge in [-0.05, 0) is 35.2 Å². The van der Waals surface area contributed by atoms with Crippen molar-refractivity contribution in [2.75, 3.05) is 13.7 Å². The Labute approximate surface area is 150 Å². The van der Waals surface area contributed by atoms with Gasteiger partial charge in [-0.2, -0.15) is 4.72 Å². The number of ether oxygens (including phenoxy) is 1. The second kappa shape index (κ2) is 7.73. The van der Waals surface area contributed by atoms with Crippen LogP contribution in [0.15, 0.2) is 53.4 Å². The minimum absolute atomic E-state index is 0.0179. The van der Waals surface area contributed by atoms with E-state index in [0.717, 1.165) is 11.1 Å². The third-order valence-electron chi connectivity index (χ3n) is 3.71. The zero-order chi connectivity index (χ0) is 18.5. The molecule has 0 unspecified atom stereocenters. The first-order valence-corrected chi connectivity index (χ1v) is 9.44. The van der Waals surface area contributed by atoms with Crippen LogP contribution < -0.4 is 9.46 Å². The molecule has 0 spiro atoms. The zero-order valence-electron chi connectivity index (χ0n) is 15.0. The van der Waals surface area contributed by atoms with Gasteiger partial charge >= 0.3 is 0 Å². The number of benzene rings is 2. The summed E-state index contributed by atoms with van der Waals surface area (Å²) in [6.45, 7) is 6.29. The molecule has 1 N–H and O–H groups in total. The molecule has 132 valence electrons. The quantitative estimate of drug-likeness (QED) is 0.854. The van der Waals surface area contributed by atoms with Gasteiger partial charge in [0.25, 0.3) is 0 Å². The number of para-hydroxylation sites is 1. The molecule has 0 saturated heterocycles. The highest BCUT2D eigenvalue weighted by Gasteiger charge is 2.16. The van der Waals surface area contributed by atoms with Gasteiger partial charge in [0.15, 0.2) is 0 Å². The van der Waals surface area contributed by atoms with Crippen molar-refractivity contribution in [1.82, 2.24) is 4.72 Å². The van der Waals surface area contributed by atoms with Gasteiger partial charge in [-0.1, -0.05) is 56.9 Å². The molecule has 2 aromatic carbocycles. The van der Waals surface area contributed by atoms with E-state index in [1.165, 1.54) is 0 Å². The highest BCUT2D eigenvalue weighted by Crippen LogP contribution is 2.23. The van der Waals surface area contributed by atoms with Gasteiger partial charge < -0.3 is 4.74 Å². The molecule has 0 amide bonds. The lowest BCUT2D eigenvalue weighted by Gasteiger charge is -2.19. The minimum atomic E-state index is -3.58. The van der Waals surface area contributed by atoms with Crippen LogP contribution in [0.25, 0.3) is 0 Å². The van der Waals surface area contributed by atoms with Crippen molar-refractivity contribution in [3.8, 4) is 17.6 Å². The number of hydrogen-bond donors (Lipinski definition) is 1. The maximum Gasteiger partial charge on any atom is 0.241 e. The Morgan fingerprint density at radius 1 is 1.04 bits per heavy atom. The largest absolute Gasteiger partial charge is 0.495 e. The van der Waals surface area contributed by atoms with E-state index in [9.17, 15) is 8.42 Å². The lowest BCUT2D eigenvalue weighted by atomic mass is 9.87. The van der Waals surface area contributed by atoms with Crippen LogP contribution in [-0.2, 0) is 15.4 Å². The normalized spacial score (nSPS) is 11.5. The predicted octanol–water partition coefficient (Wildman–Crippen LogP) is 3.32. The molecule has 0 heterocycles. The van der Waals surface area contributed by atoms with E-state index in [1.54, 1.807) is 19.2 Å². The average Bonchev–Trinajstić information content (AvgIpc) is 2.58. The van der Waals surface area contributed by atoms with Crippen LogP contribution in [0.5, 0.6) is 5.75 Å². The zero-order valence-corrected chi connectivity index (χ0v) is 15.8. The molecule has 0 aliphatic heterocycles. The molecule has 0 fully saturated rings. The molecule has 2 aromatic rings. The summed E-state index contributed by atoms with van der Waals surface area (Å²) >= 11 is 0. The van der Waals surface area contributed by atoms with Gasteiger partial charge in [-0.3, -0.25) is 0 Å². The predicted molar refractivity (Wildman–Crippen MR) is 100 cm³/mol. The van der Waals surface area contributed by atoms with Crippen molar-refractivity contribution in [2.45, 2.75) is 31.1 Å². The summed E-state index contributed by atoms with van der Waals surface area (Å²) in [6.07, 6.45) is 0. The van der Waals surface area contributed by atoms with Crippen molar-refractivity contribution in [3.05, 3.63) is 59.7 Å². The fourth-order valence-electron chi connectivity index (χ4n) is 2.24. The van der Waals surface area contributed by atoms with E-state index in [1.807, 2.05) is 36.4 Å². The standard InChI is InChI=1S/C20H23NO3S/c1-20(2,3)17-11-13-18(14-12-17)25(22,23)21-15-7-9-16-8-5-6-10-19(16)24-4/h5-6,8,10-14,21H,15H2,1-4H3. The number of nitrogens with one attached hydrogen (secondary N) is 1. The third kappa shape index (κ3) is 5.09. The first-order valence-electron chi connectivity index (χ1n) is 7.96. The Hall–Kier alpha value is -2.29. The molecule has 25 heavy (non-hydrogen) atoms. The van der Waals surface area contributed by atoms with Gasteiger partial charge in [-0.15, -0.1) is 0 Å². The smallest absolute Gasteiger partial charge is 0.241 e. The van der Waals surface area contributed by atoms with Crippen molar-refractivity contribution in [1.29, 1.82) is 0 Å². The Bertz CT molecular complexity index is 883. The lowest BCUT2D eigenvalue weighted by Crippen LogP contribution is -2.24. The minimum Gasteiger partial charge on any atom is -0.495 e. The number of methoxy groups -OCH3 is 1. The number of rotatable bonds is 4. The van der Waals surface area contributed by atoms with Gasteiger partial charge in [0.1, 0.15) is 5.75 Å². The molecular weight excluding hydrogens is 334 g/mol. The second-order valence-corrected chi connectivity index (χ2v) is 8.37. The second-order valence-electron chi connectivity index (χ2n) is 6.60. The van der Waals surface area contributed by atoms with E-state index in [-0.39, 0.29) is 16.9 Å². The summed E-state index contributed by atoms with van der Waals surface area (Å²) in [5.41, 5.74) is 1.79. The average molecular weight is 357 g/mol. The highest BCUT2D eigenvalue weighted by atomic mass is 32.2. The van der Waals surface area contributed by atoms with Crippen LogP contribution in [0.2, 0.25) is 0 Å². The van der Waals surface area contributed by atoms with Crippen molar-refractivity contribution < 1.29 is 13.2 Å². The van der Waals surface area contributed by atoms with Crippen molar-refractivity contribution in [3.63, 3.8) is 0 Å². The molecule has 0 aromatic heterocycles. The summed E-state index contributed by atoms with van der Waals surface area (Å²) < 4.78 is 32.4. The molecule has 0 aliphatic carbocycles. The van der Waals surface area contributed by atoms with Crippen LogP contribution in [0.1, 0.15) is 31.9 Å². The number of sulfonamides is 1. The molecule has 0 atom stereocenters. The SMILES string of the molecule is COc1ccccc1C#CCNS(=O)(=O)c1ccc(C(C)(C)C)cc1. The molecule has 0 radical (unpaired) electrons. The number of hydrogen-bond acceptors (Lipinski definition) is 3. The molecule has 0 aliphatic rings. The third-order valence-corrected chi connectivity index (χ3v) is 5.13. The van der Waals surface area contributed by atoms with Gasteiger partial charge in [0.05, 0.1) is 24.1 Å². The molecule has 0 saturated carbocycles. The summed E-state index contributed by atoms with van der Waals surface area (Å²) in [5.74, 6) is 6.40. The Morgan fingerprint density at radius 2 is 1.68 bits per heavy atom. The lowest BCUT2D eigenvalue weighted by molar-refractivity contribution is 0.413. The maximum atomic E-state index is 12.3.